The van der Waals surface area contributed by atoms with Crippen molar-refractivity contribution in [3.05, 3.63) is 32.9 Å². The lowest BCUT2D eigenvalue weighted by atomic mass is 10.3. The van der Waals surface area contributed by atoms with Gasteiger partial charge in [0.25, 0.3) is 5.56 Å². The van der Waals surface area contributed by atoms with Crippen molar-refractivity contribution in [3.8, 4) is 0 Å². The number of nitrogens with one attached hydrogen (secondary N) is 1. The summed E-state index contributed by atoms with van der Waals surface area (Å²) in [4.78, 5) is 13.8. The highest BCUT2D eigenvalue weighted by Crippen LogP contribution is 2.15. The molecule has 0 unspecified atom stereocenters. The van der Waals surface area contributed by atoms with Gasteiger partial charge in [-0.2, -0.15) is 5.10 Å². The van der Waals surface area contributed by atoms with Gasteiger partial charge in [-0.05, 0) is 34.5 Å². The fourth-order valence-corrected chi connectivity index (χ4v) is 1.80. The van der Waals surface area contributed by atoms with Gasteiger partial charge in [-0.25, -0.2) is 4.52 Å². The molecule has 0 saturated heterocycles. The summed E-state index contributed by atoms with van der Waals surface area (Å²) in [6.07, 6.45) is 1.37. The fraction of sp³-hybridized carbons (Fsp3) is 0.143. The van der Waals surface area contributed by atoms with E-state index in [-0.39, 0.29) is 5.56 Å². The van der Waals surface area contributed by atoms with E-state index in [9.17, 15) is 4.79 Å². The highest BCUT2D eigenvalue weighted by Gasteiger charge is 2.06. The highest BCUT2D eigenvalue weighted by atomic mass is 79.9. The third kappa shape index (κ3) is 0.896. The maximum absolute atomic E-state index is 11.3. The number of rotatable bonds is 0. The molecule has 0 amide bonds. The molecule has 0 bridgehead atoms. The molecule has 12 heavy (non-hydrogen) atoms. The first-order valence-corrected chi connectivity index (χ1v) is 4.21. The predicted octanol–water partition coefficient (Wildman–Crippen LogP) is 1.09. The van der Waals surface area contributed by atoms with Gasteiger partial charge in [-0.1, -0.05) is 0 Å². The molecule has 2 rings (SSSR count). The van der Waals surface area contributed by atoms with Crippen LogP contribution in [0.1, 0.15) is 5.56 Å². The summed E-state index contributed by atoms with van der Waals surface area (Å²) in [6.45, 7) is 1.87. The molecule has 1 N–H and O–H groups in total. The molecule has 0 aromatic carbocycles. The van der Waals surface area contributed by atoms with E-state index in [0.717, 1.165) is 10.2 Å². The number of hydrogen-bond acceptors (Lipinski definition) is 2. The molecule has 2 heterocycles. The number of aromatic amines is 1. The maximum Gasteiger partial charge on any atom is 0.275 e. The van der Waals surface area contributed by atoms with Crippen LogP contribution in [0.25, 0.3) is 5.52 Å². The normalized spacial score (nSPS) is 10.8. The van der Waals surface area contributed by atoms with Crippen molar-refractivity contribution in [2.24, 2.45) is 0 Å². The Hall–Kier alpha value is -1.10. The van der Waals surface area contributed by atoms with E-state index >= 15 is 0 Å². The first-order valence-electron chi connectivity index (χ1n) is 3.41. The maximum atomic E-state index is 11.3. The van der Waals surface area contributed by atoms with Gasteiger partial charge < -0.3 is 4.98 Å². The average molecular weight is 228 g/mol. The van der Waals surface area contributed by atoms with Crippen LogP contribution in [0.5, 0.6) is 0 Å². The SMILES string of the molecule is Cc1cc(Br)n2nc[nH]c(=O)c12. The van der Waals surface area contributed by atoms with Gasteiger partial charge in [-0.15, -0.1) is 0 Å². The van der Waals surface area contributed by atoms with Gasteiger partial charge in [0.2, 0.25) is 0 Å². The third-order valence-electron chi connectivity index (χ3n) is 1.71. The van der Waals surface area contributed by atoms with E-state index in [2.05, 4.69) is 26.0 Å². The molecule has 0 spiro atoms. The quantitative estimate of drug-likeness (QED) is 0.733. The van der Waals surface area contributed by atoms with Crippen LogP contribution in [-0.2, 0) is 0 Å². The van der Waals surface area contributed by atoms with E-state index in [1.54, 1.807) is 4.52 Å². The summed E-state index contributed by atoms with van der Waals surface area (Å²) in [5.74, 6) is 0. The smallest absolute Gasteiger partial charge is 0.275 e. The van der Waals surface area contributed by atoms with Crippen molar-refractivity contribution in [1.29, 1.82) is 0 Å². The first kappa shape index (κ1) is 7.54. The minimum Gasteiger partial charge on any atom is -0.310 e. The molecule has 0 aliphatic heterocycles. The van der Waals surface area contributed by atoms with Crippen LogP contribution in [0.4, 0.5) is 0 Å². The number of aromatic nitrogens is 3. The van der Waals surface area contributed by atoms with Crippen molar-refractivity contribution in [3.63, 3.8) is 0 Å². The van der Waals surface area contributed by atoms with Crippen LogP contribution in [-0.4, -0.2) is 14.6 Å². The number of aryl methyl sites for hydroxylation is 1. The molecule has 0 radical (unpaired) electrons. The zero-order chi connectivity index (χ0) is 8.72. The topological polar surface area (TPSA) is 50.2 Å². The van der Waals surface area contributed by atoms with Gasteiger partial charge in [-0.3, -0.25) is 4.79 Å². The van der Waals surface area contributed by atoms with Crippen LogP contribution in [0.3, 0.4) is 0 Å². The zero-order valence-electron chi connectivity index (χ0n) is 6.34. The van der Waals surface area contributed by atoms with Crippen molar-refractivity contribution in [1.82, 2.24) is 14.6 Å². The van der Waals surface area contributed by atoms with E-state index in [0.29, 0.717) is 5.52 Å². The number of halogens is 1. The monoisotopic (exact) mass is 227 g/mol. The van der Waals surface area contributed by atoms with E-state index < -0.39 is 0 Å². The predicted molar refractivity (Wildman–Crippen MR) is 48.2 cm³/mol. The van der Waals surface area contributed by atoms with Gasteiger partial charge in [0.05, 0.1) is 0 Å². The Morgan fingerprint density at radius 1 is 1.67 bits per heavy atom. The second kappa shape index (κ2) is 2.45. The summed E-state index contributed by atoms with van der Waals surface area (Å²) >= 11 is 3.30. The molecule has 0 fully saturated rings. The molecule has 0 aliphatic rings. The second-order valence-corrected chi connectivity index (χ2v) is 3.34. The Bertz CT molecular complexity index is 485. The molecule has 0 aliphatic carbocycles. The standard InChI is InChI=1S/C7H6BrN3O/c1-4-2-5(8)11-6(4)7(12)9-3-10-11/h2-3H,1H3,(H,9,10,12). The molecule has 5 heteroatoms. The lowest BCUT2D eigenvalue weighted by Crippen LogP contribution is -2.11. The zero-order valence-corrected chi connectivity index (χ0v) is 7.92. The van der Waals surface area contributed by atoms with Gasteiger partial charge in [0.15, 0.2) is 0 Å². The summed E-state index contributed by atoms with van der Waals surface area (Å²) in [5.41, 5.74) is 1.38. The van der Waals surface area contributed by atoms with Crippen LogP contribution < -0.4 is 5.56 Å². The molecule has 0 atom stereocenters. The molecular weight excluding hydrogens is 222 g/mol. The largest absolute Gasteiger partial charge is 0.310 e. The van der Waals surface area contributed by atoms with E-state index in [1.165, 1.54) is 6.33 Å². The van der Waals surface area contributed by atoms with Crippen molar-refractivity contribution >= 4 is 21.4 Å². The second-order valence-electron chi connectivity index (χ2n) is 2.53. The molecule has 2 aromatic heterocycles. The van der Waals surface area contributed by atoms with Crippen LogP contribution in [0, 0.1) is 6.92 Å². The summed E-state index contributed by atoms with van der Waals surface area (Å²) in [6, 6.07) is 1.86. The summed E-state index contributed by atoms with van der Waals surface area (Å²) in [5, 5.41) is 3.98. The van der Waals surface area contributed by atoms with Crippen LogP contribution in [0.2, 0.25) is 0 Å². The first-order chi connectivity index (χ1) is 5.70. The van der Waals surface area contributed by atoms with Crippen LogP contribution >= 0.6 is 15.9 Å². The van der Waals surface area contributed by atoms with Crippen molar-refractivity contribution in [2.75, 3.05) is 0 Å². The Labute approximate surface area is 76.4 Å². The summed E-state index contributed by atoms with van der Waals surface area (Å²) in [7, 11) is 0. The Morgan fingerprint density at radius 2 is 2.42 bits per heavy atom. The molecule has 62 valence electrons. The van der Waals surface area contributed by atoms with Gasteiger partial charge in [0, 0.05) is 0 Å². The Kier molecular flexibility index (Phi) is 1.54. The fourth-order valence-electron chi connectivity index (χ4n) is 1.18. The number of hydrogen-bond donors (Lipinski definition) is 1. The summed E-state index contributed by atoms with van der Waals surface area (Å²) < 4.78 is 2.36. The third-order valence-corrected chi connectivity index (χ3v) is 2.27. The highest BCUT2D eigenvalue weighted by molar-refractivity contribution is 9.10. The van der Waals surface area contributed by atoms with Gasteiger partial charge in [0.1, 0.15) is 16.4 Å². The molecule has 2 aromatic rings. The number of fused-ring (bicyclic) bond motifs is 1. The average Bonchev–Trinajstić information content (AvgIpc) is 2.29. The Morgan fingerprint density at radius 3 is 3.08 bits per heavy atom. The molecule has 0 saturated carbocycles. The minimum atomic E-state index is -0.117. The lowest BCUT2D eigenvalue weighted by Gasteiger charge is -1.92. The Balaban J connectivity index is 3.09. The lowest BCUT2D eigenvalue weighted by molar-refractivity contribution is 0.871. The van der Waals surface area contributed by atoms with E-state index in [4.69, 9.17) is 0 Å². The molecule has 4 nitrogen and oxygen atoms in total. The van der Waals surface area contributed by atoms with E-state index in [1.807, 2.05) is 13.0 Å². The van der Waals surface area contributed by atoms with Crippen molar-refractivity contribution in [2.45, 2.75) is 6.92 Å². The minimum absolute atomic E-state index is 0.117. The number of H-pyrrole nitrogens is 1. The molecular formula is C7H6BrN3O. The number of nitrogens with zero attached hydrogens (tertiary/aromatic N) is 2. The van der Waals surface area contributed by atoms with Crippen LogP contribution in [0.15, 0.2) is 21.8 Å². The van der Waals surface area contributed by atoms with Gasteiger partial charge >= 0.3 is 0 Å². The van der Waals surface area contributed by atoms with Crippen molar-refractivity contribution < 1.29 is 0 Å².